The molecule has 0 spiro atoms. The van der Waals surface area contributed by atoms with Crippen LogP contribution in [0.1, 0.15) is 42.1 Å². The lowest BCUT2D eigenvalue weighted by Crippen LogP contribution is -2.50. The van der Waals surface area contributed by atoms with E-state index in [-0.39, 0.29) is 11.7 Å². The van der Waals surface area contributed by atoms with Gasteiger partial charge in [0.2, 0.25) is 0 Å². The summed E-state index contributed by atoms with van der Waals surface area (Å²) >= 11 is 0. The molecule has 114 valence electrons. The molecule has 2 N–H and O–H groups in total. The quantitative estimate of drug-likeness (QED) is 0.896. The minimum atomic E-state index is -0.947. The highest BCUT2D eigenvalue weighted by atomic mass is 16.4. The van der Waals surface area contributed by atoms with Crippen LogP contribution < -0.4 is 0 Å². The standard InChI is InChI=1S/C16H21NO4/c1-3-11-6-7-17(13(9-11)16(20)21)15(19)12-4-5-14(18)10(2)8-12/h4-5,8,11,13,18H,3,6-7,9H2,1-2H3,(H,20,21). The topological polar surface area (TPSA) is 77.8 Å². The Morgan fingerprint density at radius 1 is 1.38 bits per heavy atom. The summed E-state index contributed by atoms with van der Waals surface area (Å²) in [6, 6.07) is 3.85. The Labute approximate surface area is 124 Å². The van der Waals surface area contributed by atoms with E-state index in [1.54, 1.807) is 13.0 Å². The molecule has 1 saturated heterocycles. The third-order valence-electron chi connectivity index (χ3n) is 4.28. The number of carboxylic acids is 1. The van der Waals surface area contributed by atoms with Crippen LogP contribution in [0.25, 0.3) is 0 Å². The molecule has 5 nitrogen and oxygen atoms in total. The Bertz CT molecular complexity index is 555. The van der Waals surface area contributed by atoms with Gasteiger partial charge >= 0.3 is 5.97 Å². The van der Waals surface area contributed by atoms with Gasteiger partial charge in [0.05, 0.1) is 0 Å². The summed E-state index contributed by atoms with van der Waals surface area (Å²) in [5.74, 6) is -0.736. The molecule has 2 atom stereocenters. The summed E-state index contributed by atoms with van der Waals surface area (Å²) < 4.78 is 0. The molecule has 1 aliphatic rings. The van der Waals surface area contributed by atoms with Gasteiger partial charge in [0.25, 0.3) is 5.91 Å². The first-order valence-electron chi connectivity index (χ1n) is 7.27. The maximum Gasteiger partial charge on any atom is 0.326 e. The van der Waals surface area contributed by atoms with E-state index in [0.29, 0.717) is 30.0 Å². The second kappa shape index (κ2) is 6.16. The number of phenolic OH excluding ortho intramolecular Hbond substituents is 1. The van der Waals surface area contributed by atoms with Crippen LogP contribution in [0.5, 0.6) is 5.75 Å². The highest BCUT2D eigenvalue weighted by molar-refractivity contribution is 5.97. The average molecular weight is 291 g/mol. The number of rotatable bonds is 3. The predicted octanol–water partition coefficient (Wildman–Crippen LogP) is 2.42. The zero-order valence-corrected chi connectivity index (χ0v) is 12.4. The molecule has 2 unspecified atom stereocenters. The second-order valence-corrected chi connectivity index (χ2v) is 5.65. The van der Waals surface area contributed by atoms with Gasteiger partial charge in [0.1, 0.15) is 11.8 Å². The van der Waals surface area contributed by atoms with E-state index < -0.39 is 12.0 Å². The van der Waals surface area contributed by atoms with Gasteiger partial charge in [0, 0.05) is 12.1 Å². The third-order valence-corrected chi connectivity index (χ3v) is 4.28. The minimum absolute atomic E-state index is 0.131. The first-order chi connectivity index (χ1) is 9.93. The molecule has 1 aliphatic heterocycles. The van der Waals surface area contributed by atoms with Gasteiger partial charge < -0.3 is 15.1 Å². The number of piperidine rings is 1. The smallest absolute Gasteiger partial charge is 0.326 e. The number of aryl methyl sites for hydroxylation is 1. The Morgan fingerprint density at radius 3 is 2.67 bits per heavy atom. The van der Waals surface area contributed by atoms with Crippen molar-refractivity contribution in [2.45, 2.75) is 39.2 Å². The number of hydrogen-bond acceptors (Lipinski definition) is 3. The molecule has 21 heavy (non-hydrogen) atoms. The summed E-state index contributed by atoms with van der Waals surface area (Å²) in [6.45, 7) is 4.22. The molecule has 0 aliphatic carbocycles. The van der Waals surface area contributed by atoms with Gasteiger partial charge in [0.15, 0.2) is 0 Å². The number of amides is 1. The Balaban J connectivity index is 2.24. The van der Waals surface area contributed by atoms with E-state index in [1.165, 1.54) is 17.0 Å². The fraction of sp³-hybridized carbons (Fsp3) is 0.500. The van der Waals surface area contributed by atoms with E-state index in [1.807, 2.05) is 6.92 Å². The molecule has 1 heterocycles. The highest BCUT2D eigenvalue weighted by Gasteiger charge is 2.35. The van der Waals surface area contributed by atoms with Gasteiger partial charge in [-0.3, -0.25) is 4.79 Å². The number of carbonyl (C=O) groups is 2. The molecule has 0 aromatic heterocycles. The number of carboxylic acid groups (broad SMARTS) is 1. The first-order valence-corrected chi connectivity index (χ1v) is 7.27. The largest absolute Gasteiger partial charge is 0.508 e. The van der Waals surface area contributed by atoms with Crippen molar-refractivity contribution in [3.63, 3.8) is 0 Å². The van der Waals surface area contributed by atoms with Crippen molar-refractivity contribution in [1.82, 2.24) is 4.90 Å². The lowest BCUT2D eigenvalue weighted by molar-refractivity contribution is -0.144. The maximum atomic E-state index is 12.6. The average Bonchev–Trinajstić information content (AvgIpc) is 2.48. The summed E-state index contributed by atoms with van der Waals surface area (Å²) in [6.07, 6.45) is 2.28. The minimum Gasteiger partial charge on any atom is -0.508 e. The van der Waals surface area contributed by atoms with Gasteiger partial charge in [-0.1, -0.05) is 13.3 Å². The maximum absolute atomic E-state index is 12.6. The molecule has 1 aromatic carbocycles. The lowest BCUT2D eigenvalue weighted by Gasteiger charge is -2.37. The van der Waals surface area contributed by atoms with E-state index in [0.717, 1.165) is 12.8 Å². The van der Waals surface area contributed by atoms with Crippen LogP contribution in [0.2, 0.25) is 0 Å². The Hall–Kier alpha value is -2.04. The van der Waals surface area contributed by atoms with Crippen molar-refractivity contribution in [2.24, 2.45) is 5.92 Å². The number of aromatic hydroxyl groups is 1. The van der Waals surface area contributed by atoms with Crippen molar-refractivity contribution in [2.75, 3.05) is 6.54 Å². The zero-order chi connectivity index (χ0) is 15.6. The molecule has 1 fully saturated rings. The number of phenols is 1. The number of nitrogens with zero attached hydrogens (tertiary/aromatic N) is 1. The normalized spacial score (nSPS) is 22.1. The Morgan fingerprint density at radius 2 is 2.10 bits per heavy atom. The summed E-state index contributed by atoms with van der Waals surface area (Å²) in [7, 11) is 0. The van der Waals surface area contributed by atoms with Crippen LogP contribution in [0.3, 0.4) is 0 Å². The number of aliphatic carboxylic acids is 1. The summed E-state index contributed by atoms with van der Waals surface area (Å²) in [5, 5.41) is 18.9. The molecule has 1 amide bonds. The second-order valence-electron chi connectivity index (χ2n) is 5.65. The molecular formula is C16H21NO4. The third kappa shape index (κ3) is 3.17. The molecule has 2 rings (SSSR count). The van der Waals surface area contributed by atoms with E-state index in [4.69, 9.17) is 0 Å². The first kappa shape index (κ1) is 15.4. The SMILES string of the molecule is CCC1CCN(C(=O)c2ccc(O)c(C)c2)C(C(=O)O)C1. The molecule has 1 aromatic rings. The monoisotopic (exact) mass is 291 g/mol. The van der Waals surface area contributed by atoms with Crippen molar-refractivity contribution in [1.29, 1.82) is 0 Å². The number of benzene rings is 1. The van der Waals surface area contributed by atoms with Crippen LogP contribution >= 0.6 is 0 Å². The van der Waals surface area contributed by atoms with Crippen LogP contribution in [0.4, 0.5) is 0 Å². The van der Waals surface area contributed by atoms with E-state index in [2.05, 4.69) is 0 Å². The summed E-state index contributed by atoms with van der Waals surface area (Å²) in [5.41, 5.74) is 1.03. The lowest BCUT2D eigenvalue weighted by atomic mass is 9.88. The molecule has 0 saturated carbocycles. The van der Waals surface area contributed by atoms with Gasteiger partial charge in [-0.05, 0) is 49.4 Å². The predicted molar refractivity (Wildman–Crippen MR) is 78.3 cm³/mol. The van der Waals surface area contributed by atoms with Crippen molar-refractivity contribution >= 4 is 11.9 Å². The van der Waals surface area contributed by atoms with Crippen molar-refractivity contribution < 1.29 is 19.8 Å². The van der Waals surface area contributed by atoms with E-state index >= 15 is 0 Å². The molecular weight excluding hydrogens is 270 g/mol. The van der Waals surface area contributed by atoms with Crippen LogP contribution in [-0.4, -0.2) is 39.6 Å². The number of hydrogen-bond donors (Lipinski definition) is 2. The number of carbonyl (C=O) groups excluding carboxylic acids is 1. The van der Waals surface area contributed by atoms with Crippen LogP contribution in [0, 0.1) is 12.8 Å². The summed E-state index contributed by atoms with van der Waals surface area (Å²) in [4.78, 5) is 25.4. The van der Waals surface area contributed by atoms with Gasteiger partial charge in [-0.2, -0.15) is 0 Å². The van der Waals surface area contributed by atoms with Crippen molar-refractivity contribution in [3.8, 4) is 5.75 Å². The fourth-order valence-electron chi connectivity index (χ4n) is 2.84. The van der Waals surface area contributed by atoms with Crippen LogP contribution in [0.15, 0.2) is 18.2 Å². The molecule has 5 heteroatoms. The molecule has 0 radical (unpaired) electrons. The van der Waals surface area contributed by atoms with Crippen LogP contribution in [-0.2, 0) is 4.79 Å². The van der Waals surface area contributed by atoms with Gasteiger partial charge in [-0.25, -0.2) is 4.79 Å². The molecule has 0 bridgehead atoms. The Kier molecular flexibility index (Phi) is 4.50. The zero-order valence-electron chi connectivity index (χ0n) is 12.4. The van der Waals surface area contributed by atoms with Gasteiger partial charge in [-0.15, -0.1) is 0 Å². The fourth-order valence-corrected chi connectivity index (χ4v) is 2.84. The number of likely N-dealkylation sites (tertiary alicyclic amines) is 1. The highest BCUT2D eigenvalue weighted by Crippen LogP contribution is 2.27. The van der Waals surface area contributed by atoms with Crippen molar-refractivity contribution in [3.05, 3.63) is 29.3 Å². The van der Waals surface area contributed by atoms with E-state index in [9.17, 15) is 19.8 Å².